The highest BCUT2D eigenvalue weighted by Gasteiger charge is 2.40. The Morgan fingerprint density at radius 1 is 0.909 bits per heavy atom. The molecule has 176 valence electrons. The Kier molecular flexibility index (Phi) is 7.50. The van der Waals surface area contributed by atoms with Gasteiger partial charge in [0.1, 0.15) is 11.5 Å². The summed E-state index contributed by atoms with van der Waals surface area (Å²) in [7, 11) is 1.59. The summed E-state index contributed by atoms with van der Waals surface area (Å²) in [6, 6.07) is 16.9. The lowest BCUT2D eigenvalue weighted by atomic mass is 9.75. The van der Waals surface area contributed by atoms with E-state index in [0.717, 1.165) is 5.75 Å². The number of methoxy groups -OCH3 is 1. The highest BCUT2D eigenvalue weighted by Crippen LogP contribution is 2.37. The topological polar surface area (TPSA) is 68.3 Å². The third kappa shape index (κ3) is 5.85. The molecule has 2 saturated heterocycles. The first-order chi connectivity index (χ1) is 16.1. The molecule has 4 rings (SSSR count). The van der Waals surface area contributed by atoms with Crippen molar-refractivity contribution >= 4 is 11.8 Å². The predicted octanol–water partition coefficient (Wildman–Crippen LogP) is 3.25. The Morgan fingerprint density at radius 3 is 2.30 bits per heavy atom. The van der Waals surface area contributed by atoms with Gasteiger partial charge in [-0.05, 0) is 43.2 Å². The van der Waals surface area contributed by atoms with Crippen LogP contribution < -0.4 is 9.47 Å². The van der Waals surface area contributed by atoms with Crippen molar-refractivity contribution in [1.82, 2.24) is 9.80 Å². The number of nitrogens with zero attached hydrogens (tertiary/aromatic N) is 2. The molecule has 2 aliphatic rings. The van der Waals surface area contributed by atoms with E-state index in [1.54, 1.807) is 13.2 Å². The maximum Gasteiger partial charge on any atom is 0.253 e. The van der Waals surface area contributed by atoms with Gasteiger partial charge in [0, 0.05) is 43.6 Å². The van der Waals surface area contributed by atoms with E-state index in [0.29, 0.717) is 76.6 Å². The second-order valence-electron chi connectivity index (χ2n) is 8.80. The molecule has 0 saturated carbocycles. The number of piperidine rings is 1. The number of hydrogen-bond acceptors (Lipinski definition) is 5. The molecule has 0 spiro atoms. The number of amides is 2. The van der Waals surface area contributed by atoms with Crippen LogP contribution in [0.1, 0.15) is 29.6 Å². The molecule has 2 fully saturated rings. The Bertz CT molecular complexity index is 935. The van der Waals surface area contributed by atoms with Crippen molar-refractivity contribution in [2.75, 3.05) is 53.1 Å². The second kappa shape index (κ2) is 10.7. The van der Waals surface area contributed by atoms with Crippen molar-refractivity contribution in [3.63, 3.8) is 0 Å². The Labute approximate surface area is 195 Å². The lowest BCUT2D eigenvalue weighted by molar-refractivity contribution is -0.139. The molecule has 0 N–H and O–H groups in total. The van der Waals surface area contributed by atoms with E-state index in [-0.39, 0.29) is 17.2 Å². The van der Waals surface area contributed by atoms with Gasteiger partial charge in [-0.25, -0.2) is 0 Å². The number of likely N-dealkylation sites (tertiary alicyclic amines) is 1. The molecule has 0 aliphatic carbocycles. The van der Waals surface area contributed by atoms with Crippen LogP contribution >= 0.6 is 0 Å². The lowest BCUT2D eigenvalue weighted by Gasteiger charge is -2.42. The summed E-state index contributed by atoms with van der Waals surface area (Å²) in [4.78, 5) is 29.9. The number of carbonyl (C=O) groups is 2. The van der Waals surface area contributed by atoms with Crippen LogP contribution in [0.2, 0.25) is 0 Å². The zero-order valence-electron chi connectivity index (χ0n) is 19.2. The Hall–Kier alpha value is -3.06. The zero-order chi connectivity index (χ0) is 23.1. The largest absolute Gasteiger partial charge is 0.497 e. The molecule has 0 unspecified atom stereocenters. The SMILES string of the molecule is COc1cccc(C(=O)N2CCC(COc3ccccc3)(CC(=O)N3CCOCC3)CC2)c1. The van der Waals surface area contributed by atoms with E-state index in [1.807, 2.05) is 58.3 Å². The van der Waals surface area contributed by atoms with E-state index in [2.05, 4.69) is 0 Å². The number of carbonyl (C=O) groups excluding carboxylic acids is 2. The molecule has 0 aromatic heterocycles. The van der Waals surface area contributed by atoms with Crippen LogP contribution in [0, 0.1) is 5.41 Å². The Balaban J connectivity index is 1.44. The second-order valence-corrected chi connectivity index (χ2v) is 8.80. The van der Waals surface area contributed by atoms with Crippen LogP contribution in [0.4, 0.5) is 0 Å². The average molecular weight is 453 g/mol. The lowest BCUT2D eigenvalue weighted by Crippen LogP contribution is -2.49. The van der Waals surface area contributed by atoms with Gasteiger partial charge in [-0.1, -0.05) is 24.3 Å². The highest BCUT2D eigenvalue weighted by molar-refractivity contribution is 5.94. The number of morpholine rings is 1. The molecule has 0 radical (unpaired) electrons. The number of hydrogen-bond donors (Lipinski definition) is 0. The van der Waals surface area contributed by atoms with Crippen molar-refractivity contribution in [1.29, 1.82) is 0 Å². The van der Waals surface area contributed by atoms with Crippen LogP contribution in [0.5, 0.6) is 11.5 Å². The van der Waals surface area contributed by atoms with Gasteiger partial charge >= 0.3 is 0 Å². The van der Waals surface area contributed by atoms with Gasteiger partial charge in [0.05, 0.1) is 26.9 Å². The molecule has 2 aromatic rings. The Morgan fingerprint density at radius 2 is 1.61 bits per heavy atom. The van der Waals surface area contributed by atoms with Crippen molar-refractivity contribution in [3.8, 4) is 11.5 Å². The number of benzene rings is 2. The van der Waals surface area contributed by atoms with Gasteiger partial charge in [0.15, 0.2) is 0 Å². The van der Waals surface area contributed by atoms with Crippen molar-refractivity contribution in [2.45, 2.75) is 19.3 Å². The highest BCUT2D eigenvalue weighted by atomic mass is 16.5. The van der Waals surface area contributed by atoms with Gasteiger partial charge in [0.2, 0.25) is 5.91 Å². The van der Waals surface area contributed by atoms with E-state index in [1.165, 1.54) is 0 Å². The fraction of sp³-hybridized carbons (Fsp3) is 0.462. The summed E-state index contributed by atoms with van der Waals surface area (Å²) in [5.41, 5.74) is 0.308. The molecule has 0 bridgehead atoms. The molecule has 2 heterocycles. The van der Waals surface area contributed by atoms with E-state index in [4.69, 9.17) is 14.2 Å². The van der Waals surface area contributed by atoms with Crippen LogP contribution in [0.3, 0.4) is 0 Å². The minimum Gasteiger partial charge on any atom is -0.497 e. The van der Waals surface area contributed by atoms with Crippen molar-refractivity contribution in [3.05, 3.63) is 60.2 Å². The quantitative estimate of drug-likeness (QED) is 0.645. The fourth-order valence-electron chi connectivity index (χ4n) is 4.49. The zero-order valence-corrected chi connectivity index (χ0v) is 19.2. The molecule has 2 aromatic carbocycles. The van der Waals surface area contributed by atoms with Crippen molar-refractivity contribution < 1.29 is 23.8 Å². The average Bonchev–Trinajstić information content (AvgIpc) is 2.89. The van der Waals surface area contributed by atoms with Crippen LogP contribution in [-0.4, -0.2) is 74.7 Å². The first kappa shape index (κ1) is 23.1. The summed E-state index contributed by atoms with van der Waals surface area (Å²) in [6.07, 6.45) is 1.85. The standard InChI is InChI=1S/C26H32N2O5/c1-31-23-9-5-6-21(18-23)25(30)28-12-10-26(11-13-28,20-33-22-7-3-2-4-8-22)19-24(29)27-14-16-32-17-15-27/h2-9,18H,10-17,19-20H2,1H3. The van der Waals surface area contributed by atoms with Crippen LogP contribution in [0.25, 0.3) is 0 Å². The van der Waals surface area contributed by atoms with E-state index in [9.17, 15) is 9.59 Å². The molecule has 2 aliphatic heterocycles. The van der Waals surface area contributed by atoms with Gasteiger partial charge in [-0.3, -0.25) is 9.59 Å². The van der Waals surface area contributed by atoms with E-state index >= 15 is 0 Å². The molecule has 7 heteroatoms. The molecular weight excluding hydrogens is 420 g/mol. The first-order valence-electron chi connectivity index (χ1n) is 11.6. The smallest absolute Gasteiger partial charge is 0.253 e. The number of rotatable bonds is 7. The summed E-state index contributed by atoms with van der Waals surface area (Å²) in [5, 5.41) is 0. The molecule has 0 atom stereocenters. The van der Waals surface area contributed by atoms with Gasteiger partial charge < -0.3 is 24.0 Å². The summed E-state index contributed by atoms with van der Waals surface area (Å²) >= 11 is 0. The minimum atomic E-state index is -0.309. The van der Waals surface area contributed by atoms with Crippen LogP contribution in [-0.2, 0) is 9.53 Å². The van der Waals surface area contributed by atoms with E-state index < -0.39 is 0 Å². The minimum absolute atomic E-state index is 0.00835. The molecular formula is C26H32N2O5. The third-order valence-corrected chi connectivity index (χ3v) is 6.61. The van der Waals surface area contributed by atoms with Crippen LogP contribution in [0.15, 0.2) is 54.6 Å². The maximum atomic E-state index is 13.1. The molecule has 2 amide bonds. The van der Waals surface area contributed by atoms with Gasteiger partial charge in [0.25, 0.3) is 5.91 Å². The first-order valence-corrected chi connectivity index (χ1v) is 11.6. The number of para-hydroxylation sites is 1. The molecule has 33 heavy (non-hydrogen) atoms. The fourth-order valence-corrected chi connectivity index (χ4v) is 4.49. The number of ether oxygens (including phenoxy) is 3. The molecule has 7 nitrogen and oxygen atoms in total. The van der Waals surface area contributed by atoms with Gasteiger partial charge in [-0.2, -0.15) is 0 Å². The summed E-state index contributed by atoms with van der Waals surface area (Å²) < 4.78 is 16.8. The third-order valence-electron chi connectivity index (χ3n) is 6.61. The van der Waals surface area contributed by atoms with Crippen molar-refractivity contribution in [2.24, 2.45) is 5.41 Å². The summed E-state index contributed by atoms with van der Waals surface area (Å²) in [5.74, 6) is 1.60. The summed E-state index contributed by atoms with van der Waals surface area (Å²) in [6.45, 7) is 4.07. The maximum absolute atomic E-state index is 13.1. The monoisotopic (exact) mass is 452 g/mol. The normalized spacial score (nSPS) is 18.0. The van der Waals surface area contributed by atoms with Gasteiger partial charge in [-0.15, -0.1) is 0 Å². The predicted molar refractivity (Wildman–Crippen MR) is 125 cm³/mol.